The molecule has 3 N–H and O–H groups in total. The highest BCUT2D eigenvalue weighted by molar-refractivity contribution is 6.33. The van der Waals surface area contributed by atoms with Gasteiger partial charge in [-0.05, 0) is 24.8 Å². The third kappa shape index (κ3) is 2.91. The molecule has 0 aliphatic heterocycles. The largest absolute Gasteiger partial charge is 0.507 e. The molecule has 0 radical (unpaired) electrons. The van der Waals surface area contributed by atoms with Crippen LogP contribution in [0.5, 0.6) is 11.5 Å². The van der Waals surface area contributed by atoms with Gasteiger partial charge in [-0.15, -0.1) is 6.58 Å². The van der Waals surface area contributed by atoms with Crippen LogP contribution < -0.4 is 0 Å². The second-order valence-corrected chi connectivity index (χ2v) is 3.95. The highest BCUT2D eigenvalue weighted by Gasteiger charge is 2.21. The topological polar surface area (TPSA) is 77.8 Å². The Morgan fingerprint density at radius 1 is 1.41 bits per heavy atom. The van der Waals surface area contributed by atoms with Crippen LogP contribution in [0.15, 0.2) is 18.7 Å². The fourth-order valence-electron chi connectivity index (χ4n) is 1.58. The zero-order valence-corrected chi connectivity index (χ0v) is 9.87. The third-order valence-corrected chi connectivity index (χ3v) is 2.79. The van der Waals surface area contributed by atoms with E-state index in [0.29, 0.717) is 19.3 Å². The second kappa shape index (κ2) is 5.59. The molecule has 0 aromatic heterocycles. The van der Waals surface area contributed by atoms with E-state index in [-0.39, 0.29) is 21.9 Å². The standard InChI is InChI=1S/C12H13ClO4/c1-2-3-4-5-7-10(12(16)17)8(14)6-9(15)11(7)13/h2,6,14-15H,1,3-5H2,(H,16,17). The van der Waals surface area contributed by atoms with E-state index in [4.69, 9.17) is 16.7 Å². The number of hydrogen-bond acceptors (Lipinski definition) is 3. The molecule has 0 fully saturated rings. The summed E-state index contributed by atoms with van der Waals surface area (Å²) in [7, 11) is 0. The van der Waals surface area contributed by atoms with E-state index >= 15 is 0 Å². The number of benzene rings is 1. The summed E-state index contributed by atoms with van der Waals surface area (Å²) < 4.78 is 0. The Morgan fingerprint density at radius 3 is 2.59 bits per heavy atom. The number of rotatable bonds is 5. The van der Waals surface area contributed by atoms with E-state index in [1.54, 1.807) is 6.08 Å². The number of aromatic hydroxyl groups is 2. The molecule has 0 aliphatic carbocycles. The molecule has 1 aromatic carbocycles. The Morgan fingerprint density at radius 2 is 2.06 bits per heavy atom. The van der Waals surface area contributed by atoms with E-state index in [0.717, 1.165) is 6.07 Å². The van der Waals surface area contributed by atoms with E-state index in [1.165, 1.54) is 0 Å². The van der Waals surface area contributed by atoms with Crippen LogP contribution in [0.4, 0.5) is 0 Å². The molecule has 1 aromatic rings. The summed E-state index contributed by atoms with van der Waals surface area (Å²) in [5.74, 6) is -2.06. The van der Waals surface area contributed by atoms with Gasteiger partial charge >= 0.3 is 5.97 Å². The first-order chi connectivity index (χ1) is 7.99. The summed E-state index contributed by atoms with van der Waals surface area (Å²) in [6.45, 7) is 3.56. The third-order valence-electron chi connectivity index (χ3n) is 2.37. The Hall–Kier alpha value is -1.68. The van der Waals surface area contributed by atoms with Crippen LogP contribution in [0.25, 0.3) is 0 Å². The minimum Gasteiger partial charge on any atom is -0.507 e. The first-order valence-corrected chi connectivity index (χ1v) is 5.44. The number of halogens is 1. The Labute approximate surface area is 104 Å². The highest BCUT2D eigenvalue weighted by Crippen LogP contribution is 2.36. The maximum Gasteiger partial charge on any atom is 0.339 e. The van der Waals surface area contributed by atoms with Crippen LogP contribution in [-0.4, -0.2) is 21.3 Å². The molecule has 0 saturated carbocycles. The van der Waals surface area contributed by atoms with Crippen molar-refractivity contribution in [2.24, 2.45) is 0 Å². The molecule has 5 heteroatoms. The number of unbranched alkanes of at least 4 members (excludes halogenated alkanes) is 1. The van der Waals surface area contributed by atoms with Crippen molar-refractivity contribution in [3.63, 3.8) is 0 Å². The molecule has 0 heterocycles. The molecule has 0 unspecified atom stereocenters. The molecular formula is C12H13ClO4. The van der Waals surface area contributed by atoms with Gasteiger partial charge in [0, 0.05) is 6.07 Å². The van der Waals surface area contributed by atoms with Crippen molar-refractivity contribution in [2.75, 3.05) is 0 Å². The van der Waals surface area contributed by atoms with Gasteiger partial charge in [-0.3, -0.25) is 0 Å². The summed E-state index contributed by atoms with van der Waals surface area (Å²) in [6.07, 6.45) is 3.41. The molecule has 92 valence electrons. The predicted octanol–water partition coefficient (Wildman–Crippen LogP) is 2.96. The van der Waals surface area contributed by atoms with Gasteiger partial charge in [-0.25, -0.2) is 4.79 Å². The van der Waals surface area contributed by atoms with Crippen LogP contribution in [0.1, 0.15) is 28.8 Å². The van der Waals surface area contributed by atoms with E-state index in [1.807, 2.05) is 0 Å². The summed E-state index contributed by atoms with van der Waals surface area (Å²) in [5.41, 5.74) is -0.00428. The Balaban J connectivity index is 3.22. The van der Waals surface area contributed by atoms with Gasteiger partial charge < -0.3 is 15.3 Å². The molecule has 1 rings (SSSR count). The lowest BCUT2D eigenvalue weighted by Gasteiger charge is -2.11. The normalized spacial score (nSPS) is 10.2. The average molecular weight is 257 g/mol. The van der Waals surface area contributed by atoms with Crippen LogP contribution in [0, 0.1) is 0 Å². The van der Waals surface area contributed by atoms with Crippen molar-refractivity contribution in [1.82, 2.24) is 0 Å². The number of carbonyl (C=O) groups is 1. The molecule has 4 nitrogen and oxygen atoms in total. The smallest absolute Gasteiger partial charge is 0.339 e. The second-order valence-electron chi connectivity index (χ2n) is 3.57. The zero-order valence-electron chi connectivity index (χ0n) is 9.11. The van der Waals surface area contributed by atoms with Crippen molar-refractivity contribution >= 4 is 17.6 Å². The van der Waals surface area contributed by atoms with E-state index in [2.05, 4.69) is 6.58 Å². The van der Waals surface area contributed by atoms with Gasteiger partial charge in [0.2, 0.25) is 0 Å². The first kappa shape index (κ1) is 13.4. The first-order valence-electron chi connectivity index (χ1n) is 5.06. The van der Waals surface area contributed by atoms with Crippen molar-refractivity contribution in [3.8, 4) is 11.5 Å². The van der Waals surface area contributed by atoms with Gasteiger partial charge in [0.1, 0.15) is 17.1 Å². The lowest BCUT2D eigenvalue weighted by atomic mass is 10.00. The molecule has 0 aliphatic rings. The molecule has 0 bridgehead atoms. The average Bonchev–Trinajstić information content (AvgIpc) is 2.24. The van der Waals surface area contributed by atoms with Crippen LogP contribution in [0.3, 0.4) is 0 Å². The molecule has 0 amide bonds. The predicted molar refractivity (Wildman–Crippen MR) is 64.9 cm³/mol. The fourth-order valence-corrected chi connectivity index (χ4v) is 1.82. The lowest BCUT2D eigenvalue weighted by Crippen LogP contribution is -2.04. The summed E-state index contributed by atoms with van der Waals surface area (Å²) in [4.78, 5) is 11.0. The Bertz CT molecular complexity index is 454. The fraction of sp³-hybridized carbons (Fsp3) is 0.250. The zero-order chi connectivity index (χ0) is 13.0. The van der Waals surface area contributed by atoms with Crippen molar-refractivity contribution < 1.29 is 20.1 Å². The number of hydrogen-bond donors (Lipinski definition) is 3. The summed E-state index contributed by atoms with van der Waals surface area (Å²) >= 11 is 5.84. The van der Waals surface area contributed by atoms with Crippen LogP contribution in [0.2, 0.25) is 5.02 Å². The van der Waals surface area contributed by atoms with Crippen LogP contribution in [-0.2, 0) is 6.42 Å². The minimum absolute atomic E-state index is 0.0238. The molecule has 0 saturated heterocycles. The Kier molecular flexibility index (Phi) is 4.40. The highest BCUT2D eigenvalue weighted by atomic mass is 35.5. The van der Waals surface area contributed by atoms with E-state index < -0.39 is 11.7 Å². The number of phenols is 2. The maximum absolute atomic E-state index is 11.0. The monoisotopic (exact) mass is 256 g/mol. The van der Waals surface area contributed by atoms with Gasteiger partial charge in [0.25, 0.3) is 0 Å². The number of carboxylic acid groups (broad SMARTS) is 1. The SMILES string of the molecule is C=CCCCc1c(Cl)c(O)cc(O)c1C(=O)O. The van der Waals surface area contributed by atoms with Gasteiger partial charge in [0.05, 0.1) is 5.02 Å². The van der Waals surface area contributed by atoms with E-state index in [9.17, 15) is 15.0 Å². The lowest BCUT2D eigenvalue weighted by molar-refractivity contribution is 0.0692. The van der Waals surface area contributed by atoms with Gasteiger partial charge in [-0.2, -0.15) is 0 Å². The van der Waals surface area contributed by atoms with Crippen molar-refractivity contribution in [1.29, 1.82) is 0 Å². The molecule has 0 atom stereocenters. The van der Waals surface area contributed by atoms with Crippen LogP contribution >= 0.6 is 11.6 Å². The van der Waals surface area contributed by atoms with Gasteiger partial charge in [-0.1, -0.05) is 17.7 Å². The molecular weight excluding hydrogens is 244 g/mol. The number of phenolic OH excluding ortho intramolecular Hbond substituents is 1. The molecule has 0 spiro atoms. The summed E-state index contributed by atoms with van der Waals surface area (Å²) in [6, 6.07) is 0.933. The van der Waals surface area contributed by atoms with Gasteiger partial charge in [0.15, 0.2) is 0 Å². The summed E-state index contributed by atoms with van der Waals surface area (Å²) in [5, 5.41) is 27.9. The van der Waals surface area contributed by atoms with Crippen molar-refractivity contribution in [3.05, 3.63) is 34.9 Å². The number of allylic oxidation sites excluding steroid dienone is 1. The van der Waals surface area contributed by atoms with Crippen molar-refractivity contribution in [2.45, 2.75) is 19.3 Å². The number of carboxylic acids is 1. The quantitative estimate of drug-likeness (QED) is 0.559. The maximum atomic E-state index is 11.0. The molecule has 17 heavy (non-hydrogen) atoms. The minimum atomic E-state index is -1.27. The number of aromatic carboxylic acids is 1.